The number of nitrogens with zero attached hydrogens (tertiary/aromatic N) is 3. The summed E-state index contributed by atoms with van der Waals surface area (Å²) in [5, 5.41) is 20.7. The zero-order valence-corrected chi connectivity index (χ0v) is 38.0. The highest BCUT2D eigenvalue weighted by atomic mass is 32.1. The molecule has 64 heavy (non-hydrogen) atoms. The molecule has 44 heteroatoms. The van der Waals surface area contributed by atoms with Gasteiger partial charge in [0, 0.05) is 12.4 Å². The topological polar surface area (TPSA) is 443 Å². The molecule has 2 aliphatic rings. The lowest BCUT2D eigenvalue weighted by atomic mass is 9.97. The molecule has 2 aliphatic heterocycles. The van der Waals surface area contributed by atoms with Gasteiger partial charge in [-0.15, -0.1) is 0 Å². The van der Waals surface area contributed by atoms with Crippen LogP contribution in [0.25, 0.3) is 0 Å². The first-order valence-electron chi connectivity index (χ1n) is 15.6. The minimum atomic E-state index is -5.85. The molecular formula is C20H29F6N5O24P6S3. The summed E-state index contributed by atoms with van der Waals surface area (Å²) < 4.78 is 183. The van der Waals surface area contributed by atoms with Crippen molar-refractivity contribution in [2.24, 2.45) is 0 Å². The number of nitrogens with one attached hydrogen (secondary N) is 1. The summed E-state index contributed by atoms with van der Waals surface area (Å²) >= 11 is 14.3. The second-order valence-electron chi connectivity index (χ2n) is 12.2. The lowest BCUT2D eigenvalue weighted by molar-refractivity contribution is -0.112. The van der Waals surface area contributed by atoms with Gasteiger partial charge in [0.15, 0.2) is 58.2 Å². The van der Waals surface area contributed by atoms with Crippen molar-refractivity contribution in [1.29, 1.82) is 0 Å². The monoisotopic (exact) mass is 1120 g/mol. The largest absolute Gasteiger partial charge is 0.490 e. The first-order chi connectivity index (χ1) is 28.8. The van der Waals surface area contributed by atoms with E-state index in [1.807, 2.05) is 0 Å². The highest BCUT2D eigenvalue weighted by Crippen LogP contribution is 2.67. The number of aliphatic hydroxyl groups is 2. The highest BCUT2D eigenvalue weighted by molar-refractivity contribution is 7.72. The van der Waals surface area contributed by atoms with Gasteiger partial charge in [-0.05, 0) is 24.4 Å². The van der Waals surface area contributed by atoms with Crippen molar-refractivity contribution in [3.05, 3.63) is 38.2 Å². The van der Waals surface area contributed by atoms with Crippen molar-refractivity contribution in [1.82, 2.24) is 19.1 Å². The highest BCUT2D eigenvalue weighted by Gasteiger charge is 2.60. The van der Waals surface area contributed by atoms with Gasteiger partial charge in [0.05, 0.1) is 13.2 Å². The number of phosphoric ester groups is 2. The van der Waals surface area contributed by atoms with E-state index < -0.39 is 153 Å². The van der Waals surface area contributed by atoms with Gasteiger partial charge < -0.3 is 69.6 Å². The Morgan fingerprint density at radius 2 is 1.06 bits per heavy atom. The molecule has 2 aromatic heterocycles. The van der Waals surface area contributed by atoms with E-state index in [0.29, 0.717) is 21.5 Å². The fourth-order valence-corrected chi connectivity index (χ4v) is 11.7. The standard InChI is InChI=1S/C10H15F3N3O12P3S.C10H14F3N2O12P3S2/c11-3-10(17)6(13)5(26-8(10)16-1-4(12)7(14)15-9(16)32)2-25-30(21,22)28-31(23,24)27-29(18,19)20;11-3-10(16)6(13)5(25-8(10)15-1-4(12)7(31)14-9(15)32)2-24-29(20,21)27-30(22,23)26-28(17,18)19/h1,5-6,8,17H,2-3H2,(H,21,22)(H,23,24)(H2,14,15,32)(H2,18,19,20);1,5-6,8,16H,2-3H2,(H,20,21)(H,22,23)(H,14,31,32)(H2,17,18,19)/t2*5-,6+,8-,10?/m11/s1. The van der Waals surface area contributed by atoms with Crippen LogP contribution in [0.5, 0.6) is 0 Å². The van der Waals surface area contributed by atoms with Gasteiger partial charge in [-0.3, -0.25) is 18.2 Å². The third-order valence-corrected chi connectivity index (χ3v) is 16.0. The van der Waals surface area contributed by atoms with Crippen molar-refractivity contribution in [2.75, 3.05) is 32.3 Å². The number of hydrogen-bond donors (Lipinski definition) is 12. The van der Waals surface area contributed by atoms with Gasteiger partial charge in [-0.25, -0.2) is 53.7 Å². The number of nitrogen functional groups attached to an aromatic ring is 1. The van der Waals surface area contributed by atoms with E-state index in [2.05, 4.69) is 48.5 Å². The third kappa shape index (κ3) is 14.9. The Hall–Kier alpha value is -1.14. The quantitative estimate of drug-likeness (QED) is 0.0579. The third-order valence-electron chi connectivity index (χ3n) is 7.50. The molecule has 4 rings (SSSR count). The summed E-state index contributed by atoms with van der Waals surface area (Å²) in [6.45, 7) is -6.30. The van der Waals surface area contributed by atoms with Gasteiger partial charge in [-0.2, -0.15) is 22.2 Å². The van der Waals surface area contributed by atoms with E-state index in [1.165, 1.54) is 0 Å². The van der Waals surface area contributed by atoms with Crippen LogP contribution in [0.15, 0.2) is 12.4 Å². The Bertz CT molecular complexity index is 2540. The fourth-order valence-electron chi connectivity index (χ4n) is 4.96. The maximum Gasteiger partial charge on any atom is 0.490 e. The predicted octanol–water partition coefficient (Wildman–Crippen LogP) is 2.31. The Labute approximate surface area is 365 Å². The molecule has 0 amide bonds. The van der Waals surface area contributed by atoms with Crippen LogP contribution in [0.3, 0.4) is 0 Å². The molecule has 368 valence electrons. The first-order valence-corrected chi connectivity index (χ1v) is 25.9. The van der Waals surface area contributed by atoms with Gasteiger partial charge in [0.25, 0.3) is 0 Å². The van der Waals surface area contributed by atoms with E-state index in [9.17, 15) is 73.7 Å². The molecule has 2 fully saturated rings. The van der Waals surface area contributed by atoms with Crippen LogP contribution in [0.4, 0.5) is 32.2 Å². The second kappa shape index (κ2) is 20.8. The van der Waals surface area contributed by atoms with Gasteiger partial charge in [0.2, 0.25) is 4.77 Å². The van der Waals surface area contributed by atoms with Crippen molar-refractivity contribution in [3.8, 4) is 0 Å². The molecule has 2 aromatic rings. The molecule has 13 N–H and O–H groups in total. The van der Waals surface area contributed by atoms with Crippen LogP contribution in [0.2, 0.25) is 0 Å². The van der Waals surface area contributed by atoms with Crippen molar-refractivity contribution in [2.45, 2.75) is 48.2 Å². The normalized spacial score (nSPS) is 30.1. The smallest absolute Gasteiger partial charge is 0.381 e. The number of phosphoric acid groups is 6. The zero-order valence-electron chi connectivity index (χ0n) is 30.2. The number of aromatic amines is 1. The van der Waals surface area contributed by atoms with E-state index in [-0.39, 0.29) is 0 Å². The Morgan fingerprint density at radius 1 is 0.688 bits per heavy atom. The summed E-state index contributed by atoms with van der Waals surface area (Å²) in [6, 6.07) is 0. The zero-order chi connectivity index (χ0) is 49.4. The van der Waals surface area contributed by atoms with Crippen LogP contribution in [0, 0.1) is 25.8 Å². The number of rotatable bonds is 18. The number of H-pyrrole nitrogens is 1. The number of anilines is 1. The number of aromatic nitrogens is 4. The maximum atomic E-state index is 14.7. The predicted molar refractivity (Wildman–Crippen MR) is 197 cm³/mol. The van der Waals surface area contributed by atoms with Crippen molar-refractivity contribution >= 4 is 89.4 Å². The average Bonchev–Trinajstić information content (AvgIpc) is 3.51. The minimum absolute atomic E-state index is 0.408. The lowest BCUT2D eigenvalue weighted by Crippen LogP contribution is -2.47. The molecule has 0 aromatic carbocycles. The molecule has 2 saturated heterocycles. The Kier molecular flexibility index (Phi) is 18.6. The molecule has 0 bridgehead atoms. The van der Waals surface area contributed by atoms with E-state index in [0.717, 1.165) is 0 Å². The molecule has 12 atom stereocenters. The Balaban J connectivity index is 0.000000340. The number of nitrogens with two attached hydrogens (primary N) is 1. The molecule has 29 nitrogen and oxygen atoms in total. The maximum absolute atomic E-state index is 14.7. The Morgan fingerprint density at radius 3 is 1.44 bits per heavy atom. The van der Waals surface area contributed by atoms with Crippen LogP contribution in [-0.4, -0.2) is 131 Å². The first kappa shape index (κ1) is 57.2. The number of hydrogen-bond acceptors (Lipinski definition) is 21. The molecular weight excluding hydrogens is 1090 g/mol. The van der Waals surface area contributed by atoms with Crippen LogP contribution in [0.1, 0.15) is 12.5 Å². The molecule has 0 aliphatic carbocycles. The number of alkyl halides is 4. The second-order valence-corrected chi connectivity index (χ2v) is 22.2. The van der Waals surface area contributed by atoms with Crippen LogP contribution >= 0.6 is 83.6 Å². The molecule has 0 saturated carbocycles. The van der Waals surface area contributed by atoms with E-state index >= 15 is 0 Å². The van der Waals surface area contributed by atoms with Gasteiger partial charge in [0.1, 0.15) is 30.2 Å². The summed E-state index contributed by atoms with van der Waals surface area (Å²) in [5.74, 6) is -2.94. The summed E-state index contributed by atoms with van der Waals surface area (Å²) in [6.07, 6.45) is -12.5. The van der Waals surface area contributed by atoms with Crippen molar-refractivity contribution < 1.29 is 139 Å². The molecule has 0 radical (unpaired) electrons. The summed E-state index contributed by atoms with van der Waals surface area (Å²) in [5.41, 5.74) is -0.801. The summed E-state index contributed by atoms with van der Waals surface area (Å²) in [7, 11) is -34.3. The average molecular weight is 1120 g/mol. The SMILES string of the molecule is Nc1nc(=S)n([C@@H]2O[C@H](COP(=O)(O)OP(=O)(O)OP(=O)(O)O)[C@H](F)C2(O)CF)cc1F.O=P(O)(O)OP(=O)(O)OP(=O)(O)OC[C@H]1O[C@@H](n2cc(F)c(=S)[nH]c2=S)C(O)(CF)[C@H]1F. The van der Waals surface area contributed by atoms with Crippen molar-refractivity contribution in [3.63, 3.8) is 0 Å². The lowest BCUT2D eigenvalue weighted by Gasteiger charge is -2.28. The molecule has 6 unspecified atom stereocenters. The minimum Gasteiger partial charge on any atom is -0.381 e. The molecule has 0 spiro atoms. The number of halogens is 6. The fraction of sp³-hybridized carbons (Fsp3) is 0.600. The van der Waals surface area contributed by atoms with Gasteiger partial charge >= 0.3 is 46.9 Å². The van der Waals surface area contributed by atoms with Crippen LogP contribution < -0.4 is 5.73 Å². The molecule has 4 heterocycles. The van der Waals surface area contributed by atoms with Crippen LogP contribution in [-0.2, 0) is 63.2 Å². The summed E-state index contributed by atoms with van der Waals surface area (Å²) in [4.78, 5) is 76.3. The number of ether oxygens (including phenoxy) is 2. The van der Waals surface area contributed by atoms with Gasteiger partial charge in [-0.1, -0.05) is 12.2 Å². The van der Waals surface area contributed by atoms with E-state index in [1.54, 1.807) is 0 Å². The van der Waals surface area contributed by atoms with E-state index in [4.69, 9.17) is 69.0 Å².